The number of carbonyl (C=O) groups is 1. The topological polar surface area (TPSA) is 35.6 Å². The Morgan fingerprint density at radius 1 is 1.30 bits per heavy atom. The van der Waals surface area contributed by atoms with Crippen molar-refractivity contribution in [2.75, 3.05) is 26.2 Å². The minimum absolute atomic E-state index is 0.242. The summed E-state index contributed by atoms with van der Waals surface area (Å²) in [5, 5.41) is 3.36. The van der Waals surface area contributed by atoms with E-state index in [2.05, 4.69) is 49.7 Å². The van der Waals surface area contributed by atoms with Gasteiger partial charge in [0.05, 0.1) is 12.7 Å². The highest BCUT2D eigenvalue weighted by Gasteiger charge is 2.33. The number of carbonyl (C=O) groups excluding carboxylic acids is 1. The van der Waals surface area contributed by atoms with E-state index in [-0.39, 0.29) is 12.1 Å². The summed E-state index contributed by atoms with van der Waals surface area (Å²) in [5.74, 6) is 0.884. The number of hydrogen-bond acceptors (Lipinski definition) is 3. The summed E-state index contributed by atoms with van der Waals surface area (Å²) in [6, 6.07) is 0.344. The third-order valence-corrected chi connectivity index (χ3v) is 4.27. The van der Waals surface area contributed by atoms with Gasteiger partial charge in [0.1, 0.15) is 0 Å². The zero-order chi connectivity index (χ0) is 15.1. The van der Waals surface area contributed by atoms with Crippen LogP contribution in [0.4, 0.5) is 0 Å². The average molecular weight is 283 g/mol. The molecule has 0 bridgehead atoms. The molecule has 1 rings (SSSR count). The summed E-state index contributed by atoms with van der Waals surface area (Å²) in [6.45, 7) is 14.9. The fourth-order valence-electron chi connectivity index (χ4n) is 3.05. The van der Waals surface area contributed by atoms with Crippen molar-refractivity contribution in [1.82, 2.24) is 15.1 Å². The zero-order valence-electron chi connectivity index (χ0n) is 14.0. The molecule has 0 aromatic heterocycles. The van der Waals surface area contributed by atoms with Crippen molar-refractivity contribution < 1.29 is 4.79 Å². The predicted molar refractivity (Wildman–Crippen MR) is 84.6 cm³/mol. The molecule has 1 heterocycles. The number of nitrogens with one attached hydrogen (secondary N) is 1. The Morgan fingerprint density at radius 2 is 1.95 bits per heavy atom. The molecule has 4 nitrogen and oxygen atoms in total. The molecule has 1 amide bonds. The standard InChI is InChI=1S/C16H33N3O/c1-6-18(7-2)10-8-9-14(5)19-15(11-13(3)4)17-12-16(19)20/h13-15,17H,6-12H2,1-5H3. The first-order chi connectivity index (χ1) is 9.49. The molecule has 20 heavy (non-hydrogen) atoms. The van der Waals surface area contributed by atoms with Crippen molar-refractivity contribution in [2.24, 2.45) is 5.92 Å². The van der Waals surface area contributed by atoms with E-state index in [1.807, 2.05) is 0 Å². The van der Waals surface area contributed by atoms with Crippen molar-refractivity contribution in [1.29, 1.82) is 0 Å². The van der Waals surface area contributed by atoms with Gasteiger partial charge in [0, 0.05) is 6.04 Å². The van der Waals surface area contributed by atoms with Crippen LogP contribution in [0.5, 0.6) is 0 Å². The maximum atomic E-state index is 12.1. The Bertz CT molecular complexity index is 289. The summed E-state index contributed by atoms with van der Waals surface area (Å²) in [5.41, 5.74) is 0. The van der Waals surface area contributed by atoms with E-state index < -0.39 is 0 Å². The maximum Gasteiger partial charge on any atom is 0.238 e. The van der Waals surface area contributed by atoms with Crippen LogP contribution in [0.3, 0.4) is 0 Å². The molecule has 1 N–H and O–H groups in total. The van der Waals surface area contributed by atoms with Gasteiger partial charge in [0.25, 0.3) is 0 Å². The molecule has 0 aliphatic carbocycles. The fraction of sp³-hybridized carbons (Fsp3) is 0.938. The minimum atomic E-state index is 0.242. The second-order valence-corrected chi connectivity index (χ2v) is 6.35. The molecular weight excluding hydrogens is 250 g/mol. The van der Waals surface area contributed by atoms with Crippen LogP contribution in [0.1, 0.15) is 53.9 Å². The average Bonchev–Trinajstić information content (AvgIpc) is 2.75. The third-order valence-electron chi connectivity index (χ3n) is 4.27. The van der Waals surface area contributed by atoms with Gasteiger partial charge in [-0.15, -0.1) is 0 Å². The number of amides is 1. The molecule has 2 unspecified atom stereocenters. The van der Waals surface area contributed by atoms with E-state index in [0.29, 0.717) is 18.5 Å². The first-order valence-electron chi connectivity index (χ1n) is 8.26. The van der Waals surface area contributed by atoms with Gasteiger partial charge in [-0.3, -0.25) is 10.1 Å². The highest BCUT2D eigenvalue weighted by molar-refractivity contribution is 5.80. The van der Waals surface area contributed by atoms with Gasteiger partial charge >= 0.3 is 0 Å². The first kappa shape index (κ1) is 17.4. The van der Waals surface area contributed by atoms with E-state index in [1.54, 1.807) is 0 Å². The van der Waals surface area contributed by atoms with E-state index >= 15 is 0 Å². The van der Waals surface area contributed by atoms with Gasteiger partial charge in [-0.2, -0.15) is 0 Å². The Labute approximate surface area is 124 Å². The molecule has 0 spiro atoms. The highest BCUT2D eigenvalue weighted by atomic mass is 16.2. The van der Waals surface area contributed by atoms with Crippen LogP contribution >= 0.6 is 0 Å². The van der Waals surface area contributed by atoms with Gasteiger partial charge in [0.15, 0.2) is 0 Å². The maximum absolute atomic E-state index is 12.1. The third kappa shape index (κ3) is 5.06. The molecule has 2 atom stereocenters. The smallest absolute Gasteiger partial charge is 0.238 e. The summed E-state index contributed by atoms with van der Waals surface area (Å²) in [7, 11) is 0. The van der Waals surface area contributed by atoms with E-state index in [9.17, 15) is 4.79 Å². The second-order valence-electron chi connectivity index (χ2n) is 6.35. The molecule has 0 aromatic rings. The molecule has 118 valence electrons. The predicted octanol–water partition coefficient (Wildman–Crippen LogP) is 2.30. The van der Waals surface area contributed by atoms with Crippen molar-refractivity contribution in [3.05, 3.63) is 0 Å². The summed E-state index contributed by atoms with van der Waals surface area (Å²) >= 11 is 0. The van der Waals surface area contributed by atoms with Gasteiger partial charge in [-0.25, -0.2) is 0 Å². The lowest BCUT2D eigenvalue weighted by atomic mass is 10.1. The highest BCUT2D eigenvalue weighted by Crippen LogP contribution is 2.19. The Morgan fingerprint density at radius 3 is 2.50 bits per heavy atom. The van der Waals surface area contributed by atoms with Crippen molar-refractivity contribution in [3.8, 4) is 0 Å². The Kier molecular flexibility index (Phi) is 7.52. The van der Waals surface area contributed by atoms with Crippen molar-refractivity contribution >= 4 is 5.91 Å². The summed E-state index contributed by atoms with van der Waals surface area (Å²) < 4.78 is 0. The first-order valence-corrected chi connectivity index (χ1v) is 8.26. The number of nitrogens with zero attached hydrogens (tertiary/aromatic N) is 2. The van der Waals surface area contributed by atoms with Crippen LogP contribution in [0.2, 0.25) is 0 Å². The lowest BCUT2D eigenvalue weighted by Crippen LogP contribution is -2.44. The van der Waals surface area contributed by atoms with Crippen LogP contribution in [0.25, 0.3) is 0 Å². The Hall–Kier alpha value is -0.610. The molecule has 1 aliphatic heterocycles. The molecule has 1 fully saturated rings. The summed E-state index contributed by atoms with van der Waals surface area (Å²) in [6.07, 6.45) is 3.55. The molecule has 4 heteroatoms. The summed E-state index contributed by atoms with van der Waals surface area (Å²) in [4.78, 5) is 16.6. The Balaban J connectivity index is 2.43. The zero-order valence-corrected chi connectivity index (χ0v) is 14.0. The van der Waals surface area contributed by atoms with Gasteiger partial charge in [0.2, 0.25) is 5.91 Å². The second kappa shape index (κ2) is 8.63. The fourth-order valence-corrected chi connectivity index (χ4v) is 3.05. The molecule has 1 aliphatic rings. The number of hydrogen-bond donors (Lipinski definition) is 1. The van der Waals surface area contributed by atoms with Gasteiger partial charge in [-0.1, -0.05) is 27.7 Å². The van der Waals surface area contributed by atoms with Crippen LogP contribution < -0.4 is 5.32 Å². The van der Waals surface area contributed by atoms with Crippen LogP contribution in [-0.4, -0.2) is 54.1 Å². The van der Waals surface area contributed by atoms with Gasteiger partial charge in [-0.05, 0) is 51.7 Å². The quantitative estimate of drug-likeness (QED) is 0.705. The molecule has 0 aromatic carbocycles. The van der Waals surface area contributed by atoms with Crippen LogP contribution in [0, 0.1) is 5.92 Å². The van der Waals surface area contributed by atoms with Gasteiger partial charge < -0.3 is 9.80 Å². The lowest BCUT2D eigenvalue weighted by Gasteiger charge is -2.32. The molecular formula is C16H33N3O. The molecule has 0 saturated carbocycles. The monoisotopic (exact) mass is 283 g/mol. The largest absolute Gasteiger partial charge is 0.323 e. The normalized spacial score (nSPS) is 21.2. The number of rotatable bonds is 9. The molecule has 0 radical (unpaired) electrons. The van der Waals surface area contributed by atoms with Crippen molar-refractivity contribution in [2.45, 2.75) is 66.1 Å². The molecule has 1 saturated heterocycles. The van der Waals surface area contributed by atoms with E-state index in [4.69, 9.17) is 0 Å². The lowest BCUT2D eigenvalue weighted by molar-refractivity contribution is -0.130. The van der Waals surface area contributed by atoms with Crippen LogP contribution in [0.15, 0.2) is 0 Å². The minimum Gasteiger partial charge on any atom is -0.323 e. The van der Waals surface area contributed by atoms with E-state index in [1.165, 1.54) is 6.42 Å². The SMILES string of the molecule is CCN(CC)CCCC(C)N1C(=O)CNC1CC(C)C. The van der Waals surface area contributed by atoms with E-state index in [0.717, 1.165) is 32.5 Å². The van der Waals surface area contributed by atoms with Crippen molar-refractivity contribution in [3.63, 3.8) is 0 Å². The van der Waals surface area contributed by atoms with Crippen LogP contribution in [-0.2, 0) is 4.79 Å².